The Kier molecular flexibility index (Phi) is 10.8. The first kappa shape index (κ1) is 27.5. The van der Waals surface area contributed by atoms with Crippen LogP contribution >= 0.6 is 0 Å². The van der Waals surface area contributed by atoms with E-state index in [1.165, 1.54) is 32.0 Å². The van der Waals surface area contributed by atoms with Gasteiger partial charge in [0, 0.05) is 36.6 Å². The number of aliphatic carboxylic acids is 1. The minimum absolute atomic E-state index is 0.0211. The van der Waals surface area contributed by atoms with E-state index in [1.807, 2.05) is 0 Å². The average Bonchev–Trinajstić information content (AvgIpc) is 3.52. The molecule has 0 spiro atoms. The fourth-order valence-corrected chi connectivity index (χ4v) is 3.22. The van der Waals surface area contributed by atoms with Gasteiger partial charge in [0.05, 0.1) is 18.7 Å². The van der Waals surface area contributed by atoms with Gasteiger partial charge in [-0.1, -0.05) is 6.42 Å². The summed E-state index contributed by atoms with van der Waals surface area (Å²) in [5.74, 6) is -3.09. The van der Waals surface area contributed by atoms with E-state index in [0.29, 0.717) is 30.8 Å². The Bertz CT molecular complexity index is 949. The molecular formula is C21H33N9O5. The van der Waals surface area contributed by atoms with Crippen LogP contribution in [0.1, 0.15) is 37.6 Å². The van der Waals surface area contributed by atoms with Crippen LogP contribution < -0.4 is 27.4 Å². The maximum absolute atomic E-state index is 13.2. The first-order chi connectivity index (χ1) is 16.7. The number of amides is 3. The molecular weight excluding hydrogens is 458 g/mol. The molecule has 35 heavy (non-hydrogen) atoms. The molecule has 2 rings (SSSR count). The summed E-state index contributed by atoms with van der Waals surface area (Å²) in [6.07, 6.45) is 7.72. The van der Waals surface area contributed by atoms with E-state index in [4.69, 9.17) is 16.6 Å². The third-order valence-corrected chi connectivity index (χ3v) is 5.26. The van der Waals surface area contributed by atoms with Crippen LogP contribution in [0.4, 0.5) is 0 Å². The van der Waals surface area contributed by atoms with Gasteiger partial charge in [0.2, 0.25) is 17.7 Å². The Hall–Kier alpha value is -3.78. The van der Waals surface area contributed by atoms with Crippen molar-refractivity contribution in [3.05, 3.63) is 36.4 Å². The number of H-pyrrole nitrogens is 2. The molecule has 14 nitrogen and oxygen atoms in total. The molecule has 4 unspecified atom stereocenters. The number of hydrogen-bond donors (Lipinski definition) is 8. The highest BCUT2D eigenvalue weighted by atomic mass is 16.4. The number of unbranched alkanes of at least 4 members (excludes halogenated alkanes) is 1. The fourth-order valence-electron chi connectivity index (χ4n) is 3.22. The summed E-state index contributed by atoms with van der Waals surface area (Å²) in [5.41, 5.74) is 12.6. The predicted octanol–water partition coefficient (Wildman–Crippen LogP) is -2.07. The van der Waals surface area contributed by atoms with E-state index >= 15 is 0 Å². The highest BCUT2D eigenvalue weighted by molar-refractivity contribution is 5.94. The summed E-state index contributed by atoms with van der Waals surface area (Å²) < 4.78 is 0. The molecule has 192 valence electrons. The van der Waals surface area contributed by atoms with E-state index in [1.54, 1.807) is 0 Å². The molecule has 0 aliphatic rings. The van der Waals surface area contributed by atoms with E-state index in [0.717, 1.165) is 6.42 Å². The summed E-state index contributed by atoms with van der Waals surface area (Å²) in [6.45, 7) is 1.79. The predicted molar refractivity (Wildman–Crippen MR) is 125 cm³/mol. The number of hydrogen-bond acceptors (Lipinski definition) is 8. The minimum Gasteiger partial charge on any atom is -0.480 e. The van der Waals surface area contributed by atoms with Crippen LogP contribution in [-0.4, -0.2) is 79.4 Å². The van der Waals surface area contributed by atoms with E-state index in [9.17, 15) is 19.2 Å². The van der Waals surface area contributed by atoms with Crippen molar-refractivity contribution in [1.82, 2.24) is 35.9 Å². The molecule has 0 bridgehead atoms. The summed E-state index contributed by atoms with van der Waals surface area (Å²) in [6, 6.07) is -4.21. The van der Waals surface area contributed by atoms with Crippen molar-refractivity contribution in [2.45, 2.75) is 63.2 Å². The number of nitrogens with one attached hydrogen (secondary N) is 5. The topological polar surface area (TPSA) is 234 Å². The smallest absolute Gasteiger partial charge is 0.325 e. The highest BCUT2D eigenvalue weighted by Crippen LogP contribution is 2.05. The Balaban J connectivity index is 2.16. The maximum atomic E-state index is 13.2. The number of carbonyl (C=O) groups is 4. The largest absolute Gasteiger partial charge is 0.480 e. The SMILES string of the molecule is CC(NC(=O)C(Cc1cnc[nH]1)NC(=O)C(Cc1cnc[nH]1)NC(=O)C(N)CCCCN)C(=O)O. The molecule has 0 aromatic carbocycles. The molecule has 2 heterocycles. The molecule has 14 heteroatoms. The maximum Gasteiger partial charge on any atom is 0.325 e. The molecule has 0 fully saturated rings. The number of carboxylic acid groups (broad SMARTS) is 1. The van der Waals surface area contributed by atoms with Crippen LogP contribution in [0.2, 0.25) is 0 Å². The first-order valence-corrected chi connectivity index (χ1v) is 11.2. The van der Waals surface area contributed by atoms with E-state index in [2.05, 4.69) is 35.9 Å². The number of nitrogens with zero attached hydrogens (tertiary/aromatic N) is 2. The van der Waals surface area contributed by atoms with Crippen molar-refractivity contribution < 1.29 is 24.3 Å². The standard InChI is InChI=1S/C21H33N9O5/c1-12(21(34)35)28-19(32)16(6-13-8-24-10-26-13)30-20(33)17(7-14-9-25-11-27-14)29-18(31)15(23)4-2-3-5-22/h8-12,15-17H,2-7,22-23H2,1H3,(H,24,26)(H,25,27)(H,28,32)(H,29,31)(H,30,33)(H,34,35). The minimum atomic E-state index is -1.22. The average molecular weight is 492 g/mol. The van der Waals surface area contributed by atoms with Crippen molar-refractivity contribution in [3.63, 3.8) is 0 Å². The molecule has 4 atom stereocenters. The number of aromatic nitrogens is 4. The van der Waals surface area contributed by atoms with Crippen LogP contribution in [0.3, 0.4) is 0 Å². The Morgan fingerprint density at radius 2 is 1.43 bits per heavy atom. The quantitative estimate of drug-likeness (QED) is 0.128. The van der Waals surface area contributed by atoms with Gasteiger partial charge in [-0.15, -0.1) is 0 Å². The van der Waals surface area contributed by atoms with Crippen molar-refractivity contribution in [1.29, 1.82) is 0 Å². The molecule has 2 aromatic heterocycles. The van der Waals surface area contributed by atoms with Crippen LogP contribution in [0, 0.1) is 0 Å². The van der Waals surface area contributed by atoms with Gasteiger partial charge in [0.1, 0.15) is 18.1 Å². The summed E-state index contributed by atoms with van der Waals surface area (Å²) in [5, 5.41) is 16.7. The van der Waals surface area contributed by atoms with Crippen LogP contribution in [0.25, 0.3) is 0 Å². The monoisotopic (exact) mass is 491 g/mol. The summed E-state index contributed by atoms with van der Waals surface area (Å²) in [4.78, 5) is 63.3. The van der Waals surface area contributed by atoms with Crippen molar-refractivity contribution >= 4 is 23.7 Å². The molecule has 0 aliphatic heterocycles. The Morgan fingerprint density at radius 1 is 0.914 bits per heavy atom. The zero-order chi connectivity index (χ0) is 25.8. The second-order valence-corrected chi connectivity index (χ2v) is 8.14. The fraction of sp³-hybridized carbons (Fsp3) is 0.524. The van der Waals surface area contributed by atoms with Gasteiger partial charge in [0.25, 0.3) is 0 Å². The normalized spacial score (nSPS) is 14.4. The van der Waals surface area contributed by atoms with E-state index < -0.39 is 47.9 Å². The van der Waals surface area contributed by atoms with Crippen LogP contribution in [0.15, 0.2) is 25.0 Å². The number of imidazole rings is 2. The van der Waals surface area contributed by atoms with Gasteiger partial charge < -0.3 is 42.5 Å². The Labute approximate surface area is 202 Å². The van der Waals surface area contributed by atoms with Gasteiger partial charge in [-0.3, -0.25) is 19.2 Å². The summed E-state index contributed by atoms with van der Waals surface area (Å²) in [7, 11) is 0. The molecule has 0 saturated carbocycles. The van der Waals surface area contributed by atoms with Crippen LogP contribution in [0.5, 0.6) is 0 Å². The van der Waals surface area contributed by atoms with Gasteiger partial charge >= 0.3 is 5.97 Å². The molecule has 2 aromatic rings. The van der Waals surface area contributed by atoms with Crippen molar-refractivity contribution in [3.8, 4) is 0 Å². The van der Waals surface area contributed by atoms with Gasteiger partial charge in [0.15, 0.2) is 0 Å². The number of carboxylic acids is 1. The van der Waals surface area contributed by atoms with Gasteiger partial charge in [-0.05, 0) is 26.3 Å². The Morgan fingerprint density at radius 3 is 1.89 bits per heavy atom. The lowest BCUT2D eigenvalue weighted by molar-refractivity contribution is -0.141. The zero-order valence-corrected chi connectivity index (χ0v) is 19.5. The molecule has 10 N–H and O–H groups in total. The third kappa shape index (κ3) is 9.17. The number of carbonyl (C=O) groups excluding carboxylic acids is 3. The molecule has 3 amide bonds. The van der Waals surface area contributed by atoms with E-state index in [-0.39, 0.29) is 12.8 Å². The van der Waals surface area contributed by atoms with Crippen molar-refractivity contribution in [2.75, 3.05) is 6.54 Å². The number of nitrogens with two attached hydrogens (primary N) is 2. The molecule has 0 radical (unpaired) electrons. The van der Waals surface area contributed by atoms with Gasteiger partial charge in [-0.25, -0.2) is 9.97 Å². The van der Waals surface area contributed by atoms with Crippen LogP contribution in [-0.2, 0) is 32.0 Å². The molecule has 0 saturated heterocycles. The lowest BCUT2D eigenvalue weighted by Gasteiger charge is -2.24. The molecule has 0 aliphatic carbocycles. The third-order valence-electron chi connectivity index (χ3n) is 5.26. The first-order valence-electron chi connectivity index (χ1n) is 11.2. The zero-order valence-electron chi connectivity index (χ0n) is 19.5. The van der Waals surface area contributed by atoms with Gasteiger partial charge in [-0.2, -0.15) is 0 Å². The van der Waals surface area contributed by atoms with Crippen molar-refractivity contribution in [2.24, 2.45) is 11.5 Å². The number of rotatable bonds is 15. The second kappa shape index (κ2) is 13.8. The number of aromatic amines is 2. The summed E-state index contributed by atoms with van der Waals surface area (Å²) >= 11 is 0. The lowest BCUT2D eigenvalue weighted by Crippen LogP contribution is -2.58. The second-order valence-electron chi connectivity index (χ2n) is 8.14. The highest BCUT2D eigenvalue weighted by Gasteiger charge is 2.30. The lowest BCUT2D eigenvalue weighted by atomic mass is 10.1.